The number of hydrogen-bond donors (Lipinski definition) is 1. The van der Waals surface area contributed by atoms with E-state index in [1.165, 1.54) is 10.4 Å². The average molecular weight is 435 g/mol. The van der Waals surface area contributed by atoms with Gasteiger partial charge in [0.15, 0.2) is 5.52 Å². The van der Waals surface area contributed by atoms with E-state index in [1.807, 2.05) is 6.92 Å². The number of carbonyl (C=O) groups excluding carboxylic acids is 1. The highest BCUT2D eigenvalue weighted by Crippen LogP contribution is 2.28. The predicted molar refractivity (Wildman–Crippen MR) is 108 cm³/mol. The minimum atomic E-state index is -3.75. The number of nitrogens with zero attached hydrogens (tertiary/aromatic N) is 3. The molecule has 1 aliphatic rings. The summed E-state index contributed by atoms with van der Waals surface area (Å²) in [4.78, 5) is 12.7. The van der Waals surface area contributed by atoms with E-state index in [0.29, 0.717) is 29.1 Å². The van der Waals surface area contributed by atoms with Crippen LogP contribution in [0.4, 0.5) is 5.69 Å². The molecule has 2 aromatic carbocycles. The van der Waals surface area contributed by atoms with Crippen molar-refractivity contribution in [2.24, 2.45) is 5.92 Å². The van der Waals surface area contributed by atoms with Gasteiger partial charge >= 0.3 is 0 Å². The molecule has 8 nitrogen and oxygen atoms in total. The molecule has 0 radical (unpaired) electrons. The van der Waals surface area contributed by atoms with Gasteiger partial charge in [-0.3, -0.25) is 4.79 Å². The van der Waals surface area contributed by atoms with Crippen molar-refractivity contribution in [3.63, 3.8) is 0 Å². The standard InChI is InChI=1S/C19H19ClN4O4S/c1-12-11-14(20)5-6-15(12)21-19(25)13-7-9-24(10-8-13)29(26,27)17-4-2-3-16-18(17)23-28-22-16/h2-6,11,13H,7-10H2,1H3,(H,21,25). The van der Waals surface area contributed by atoms with Gasteiger partial charge in [-0.2, -0.15) is 4.31 Å². The predicted octanol–water partition coefficient (Wildman–Crippen LogP) is 3.22. The topological polar surface area (TPSA) is 105 Å². The molecule has 1 aromatic heterocycles. The summed E-state index contributed by atoms with van der Waals surface area (Å²) in [6.45, 7) is 2.37. The van der Waals surface area contributed by atoms with E-state index in [4.69, 9.17) is 11.6 Å². The number of anilines is 1. The summed E-state index contributed by atoms with van der Waals surface area (Å²) in [5.74, 6) is -0.378. The summed E-state index contributed by atoms with van der Waals surface area (Å²) in [7, 11) is -3.75. The van der Waals surface area contributed by atoms with Crippen molar-refractivity contribution in [1.29, 1.82) is 0 Å². The molecular weight excluding hydrogens is 416 g/mol. The summed E-state index contributed by atoms with van der Waals surface area (Å²) in [5, 5.41) is 10.9. The van der Waals surface area contributed by atoms with E-state index in [9.17, 15) is 13.2 Å². The smallest absolute Gasteiger partial charge is 0.245 e. The first-order chi connectivity index (χ1) is 13.9. The average Bonchev–Trinajstić information content (AvgIpc) is 3.19. The lowest BCUT2D eigenvalue weighted by Gasteiger charge is -2.30. The van der Waals surface area contributed by atoms with Gasteiger partial charge in [0.1, 0.15) is 10.4 Å². The minimum absolute atomic E-state index is 0.0657. The second-order valence-electron chi connectivity index (χ2n) is 7.01. The summed E-state index contributed by atoms with van der Waals surface area (Å²) >= 11 is 5.95. The highest BCUT2D eigenvalue weighted by Gasteiger charge is 2.33. The van der Waals surface area contributed by atoms with Crippen LogP contribution in [0.5, 0.6) is 0 Å². The van der Waals surface area contributed by atoms with Crippen molar-refractivity contribution in [1.82, 2.24) is 14.6 Å². The highest BCUT2D eigenvalue weighted by atomic mass is 35.5. The Morgan fingerprint density at radius 2 is 1.97 bits per heavy atom. The van der Waals surface area contributed by atoms with E-state index in [2.05, 4.69) is 20.3 Å². The third-order valence-corrected chi connectivity index (χ3v) is 7.30. The third-order valence-electron chi connectivity index (χ3n) is 5.14. The summed E-state index contributed by atoms with van der Waals surface area (Å²) in [6, 6.07) is 10.0. The quantitative estimate of drug-likeness (QED) is 0.675. The number of nitrogens with one attached hydrogen (secondary N) is 1. The fourth-order valence-corrected chi connectivity index (χ4v) is 5.32. The number of fused-ring (bicyclic) bond motifs is 1. The first-order valence-electron chi connectivity index (χ1n) is 9.15. The number of carbonyl (C=O) groups is 1. The molecule has 0 saturated carbocycles. The van der Waals surface area contributed by atoms with Crippen molar-refractivity contribution >= 4 is 44.3 Å². The highest BCUT2D eigenvalue weighted by molar-refractivity contribution is 7.89. The molecule has 2 heterocycles. The Morgan fingerprint density at radius 3 is 2.69 bits per heavy atom. The molecule has 1 amide bonds. The molecule has 3 aromatic rings. The normalized spacial score (nSPS) is 16.2. The molecule has 1 fully saturated rings. The molecule has 0 spiro atoms. The summed E-state index contributed by atoms with van der Waals surface area (Å²) < 4.78 is 32.1. The van der Waals surface area contributed by atoms with Crippen LogP contribution >= 0.6 is 11.6 Å². The van der Waals surface area contributed by atoms with E-state index < -0.39 is 10.0 Å². The third kappa shape index (κ3) is 3.85. The van der Waals surface area contributed by atoms with E-state index in [-0.39, 0.29) is 35.3 Å². The molecular formula is C19H19ClN4O4S. The van der Waals surface area contributed by atoms with Crippen molar-refractivity contribution in [2.45, 2.75) is 24.7 Å². The molecule has 10 heteroatoms. The van der Waals surface area contributed by atoms with Gasteiger partial charge < -0.3 is 5.32 Å². The number of aromatic nitrogens is 2. The van der Waals surface area contributed by atoms with Crippen LogP contribution in [0.1, 0.15) is 18.4 Å². The van der Waals surface area contributed by atoms with Gasteiger partial charge in [0.2, 0.25) is 15.9 Å². The van der Waals surface area contributed by atoms with Crippen LogP contribution in [0.2, 0.25) is 5.02 Å². The minimum Gasteiger partial charge on any atom is -0.326 e. The lowest BCUT2D eigenvalue weighted by molar-refractivity contribution is -0.120. The van der Waals surface area contributed by atoms with Crippen LogP contribution in [0.25, 0.3) is 11.0 Å². The maximum atomic E-state index is 13.0. The Bertz CT molecular complexity index is 1170. The van der Waals surface area contributed by atoms with Gasteiger partial charge in [0, 0.05) is 29.7 Å². The Kier molecular flexibility index (Phi) is 5.28. The van der Waals surface area contributed by atoms with Crippen LogP contribution < -0.4 is 5.32 Å². The van der Waals surface area contributed by atoms with Crippen LogP contribution in [-0.4, -0.2) is 42.0 Å². The van der Waals surface area contributed by atoms with Gasteiger partial charge in [-0.05, 0) is 66.0 Å². The molecule has 0 atom stereocenters. The van der Waals surface area contributed by atoms with Gasteiger partial charge in [0.05, 0.1) is 0 Å². The molecule has 1 saturated heterocycles. The lowest BCUT2D eigenvalue weighted by atomic mass is 9.97. The van der Waals surface area contributed by atoms with Crippen molar-refractivity contribution < 1.29 is 17.8 Å². The number of hydrogen-bond acceptors (Lipinski definition) is 6. The second kappa shape index (κ2) is 7.74. The van der Waals surface area contributed by atoms with Crippen LogP contribution in [0.3, 0.4) is 0 Å². The number of amides is 1. The molecule has 29 heavy (non-hydrogen) atoms. The summed E-state index contributed by atoms with van der Waals surface area (Å²) in [5.41, 5.74) is 2.18. The van der Waals surface area contributed by atoms with E-state index >= 15 is 0 Å². The zero-order valence-corrected chi connectivity index (χ0v) is 17.2. The number of halogens is 1. The van der Waals surface area contributed by atoms with Crippen molar-refractivity contribution in [3.8, 4) is 0 Å². The molecule has 1 N–H and O–H groups in total. The SMILES string of the molecule is Cc1cc(Cl)ccc1NC(=O)C1CCN(S(=O)(=O)c2cccc3nonc23)CC1. The van der Waals surface area contributed by atoms with Gasteiger partial charge in [0.25, 0.3) is 0 Å². The van der Waals surface area contributed by atoms with Gasteiger partial charge in [-0.15, -0.1) is 0 Å². The maximum Gasteiger partial charge on any atom is 0.245 e. The Labute approximate surface area is 172 Å². The fraction of sp³-hybridized carbons (Fsp3) is 0.316. The monoisotopic (exact) mass is 434 g/mol. The number of benzene rings is 2. The molecule has 4 rings (SSSR count). The molecule has 0 bridgehead atoms. The van der Waals surface area contributed by atoms with Crippen LogP contribution in [-0.2, 0) is 14.8 Å². The fourth-order valence-electron chi connectivity index (χ4n) is 3.49. The lowest BCUT2D eigenvalue weighted by Crippen LogP contribution is -2.41. The van der Waals surface area contributed by atoms with Gasteiger partial charge in [-0.25, -0.2) is 13.0 Å². The molecule has 0 aliphatic carbocycles. The number of aryl methyl sites for hydroxylation is 1. The summed E-state index contributed by atoms with van der Waals surface area (Å²) in [6.07, 6.45) is 0.871. The Morgan fingerprint density at radius 1 is 1.21 bits per heavy atom. The Balaban J connectivity index is 1.45. The maximum absolute atomic E-state index is 13.0. The second-order valence-corrected chi connectivity index (χ2v) is 9.36. The number of piperidine rings is 1. The molecule has 0 unspecified atom stereocenters. The zero-order chi connectivity index (χ0) is 20.6. The molecule has 152 valence electrons. The van der Waals surface area contributed by atoms with Crippen LogP contribution in [0, 0.1) is 12.8 Å². The largest absolute Gasteiger partial charge is 0.326 e. The molecule has 1 aliphatic heterocycles. The van der Waals surface area contributed by atoms with E-state index in [0.717, 1.165) is 5.56 Å². The first kappa shape index (κ1) is 19.8. The number of sulfonamides is 1. The first-order valence-corrected chi connectivity index (χ1v) is 11.0. The number of rotatable bonds is 4. The van der Waals surface area contributed by atoms with Crippen molar-refractivity contribution in [3.05, 3.63) is 47.0 Å². The van der Waals surface area contributed by atoms with Crippen molar-refractivity contribution in [2.75, 3.05) is 18.4 Å². The van der Waals surface area contributed by atoms with Gasteiger partial charge in [-0.1, -0.05) is 17.7 Å². The van der Waals surface area contributed by atoms with E-state index in [1.54, 1.807) is 30.3 Å². The van der Waals surface area contributed by atoms with Crippen LogP contribution in [0.15, 0.2) is 45.9 Å². The zero-order valence-electron chi connectivity index (χ0n) is 15.6. The Hall–Kier alpha value is -2.49.